The van der Waals surface area contributed by atoms with Crippen molar-refractivity contribution in [3.05, 3.63) is 42.5 Å². The predicted molar refractivity (Wildman–Crippen MR) is 65.4 cm³/mol. The van der Waals surface area contributed by atoms with Crippen LogP contribution in [0.1, 0.15) is 0 Å². The van der Waals surface area contributed by atoms with Crippen LogP contribution in [0, 0.1) is 0 Å². The predicted octanol–water partition coefficient (Wildman–Crippen LogP) is 4.79. The van der Waals surface area contributed by atoms with Crippen molar-refractivity contribution in [2.24, 2.45) is 0 Å². The Bertz CT molecular complexity index is 471. The van der Waals surface area contributed by atoms with Gasteiger partial charge in [-0.2, -0.15) is 8.15 Å². The normalized spacial score (nSPS) is 10.9. The molecule has 0 heterocycles. The topological polar surface area (TPSA) is 27.7 Å². The van der Waals surface area contributed by atoms with Crippen LogP contribution < -0.4 is 4.52 Å². The molecule has 0 aliphatic heterocycles. The highest BCUT2D eigenvalue weighted by atomic mass is 35.5. The molecule has 84 valence electrons. The molecule has 0 amide bonds. The second-order valence-corrected chi connectivity index (χ2v) is 4.66. The molecule has 0 saturated heterocycles. The maximum atomic E-state index is 5.38. The fraction of sp³-hybridized carbons (Fsp3) is 0. The summed E-state index contributed by atoms with van der Waals surface area (Å²) in [4.78, 5) is 0. The number of rotatable bonds is 4. The minimum absolute atomic E-state index is 0.616. The molecular formula is C10H7Cl2O3P. The van der Waals surface area contributed by atoms with E-state index in [1.165, 1.54) is 0 Å². The lowest BCUT2D eigenvalue weighted by Crippen LogP contribution is -1.88. The summed E-state index contributed by atoms with van der Waals surface area (Å²) in [6, 6.07) is 13.4. The Kier molecular flexibility index (Phi) is 4.22. The lowest BCUT2D eigenvalue weighted by molar-refractivity contribution is 0.422. The largest absolute Gasteiger partial charge is 0.433 e. The zero-order valence-electron chi connectivity index (χ0n) is 7.97. The van der Waals surface area contributed by atoms with E-state index in [-0.39, 0.29) is 0 Å². The van der Waals surface area contributed by atoms with E-state index >= 15 is 0 Å². The first-order chi connectivity index (χ1) is 7.85. The summed E-state index contributed by atoms with van der Waals surface area (Å²) in [5, 5.41) is 2.00. The summed E-state index contributed by atoms with van der Waals surface area (Å²) >= 11 is 10.3. The fourth-order valence-electron chi connectivity index (χ4n) is 1.39. The van der Waals surface area contributed by atoms with Crippen LogP contribution in [0.25, 0.3) is 10.8 Å². The van der Waals surface area contributed by atoms with E-state index in [9.17, 15) is 0 Å². The van der Waals surface area contributed by atoms with E-state index in [0.29, 0.717) is 5.75 Å². The Balaban J connectivity index is 2.36. The maximum absolute atomic E-state index is 5.38. The summed E-state index contributed by atoms with van der Waals surface area (Å²) < 4.78 is 14.2. The maximum Gasteiger partial charge on any atom is 0.433 e. The summed E-state index contributed by atoms with van der Waals surface area (Å²) in [6.07, 6.45) is 0. The van der Waals surface area contributed by atoms with Crippen molar-refractivity contribution in [1.29, 1.82) is 0 Å². The Labute approximate surface area is 104 Å². The lowest BCUT2D eigenvalue weighted by atomic mass is 10.1. The van der Waals surface area contributed by atoms with Gasteiger partial charge in [0.1, 0.15) is 5.75 Å². The molecule has 0 spiro atoms. The van der Waals surface area contributed by atoms with Gasteiger partial charge in [-0.3, -0.25) is 0 Å². The van der Waals surface area contributed by atoms with Crippen LogP contribution in [0.5, 0.6) is 5.75 Å². The quantitative estimate of drug-likeness (QED) is 0.752. The zero-order valence-corrected chi connectivity index (χ0v) is 10.4. The smallest absolute Gasteiger partial charge is 0.424 e. The minimum Gasteiger partial charge on any atom is -0.424 e. The van der Waals surface area contributed by atoms with Crippen molar-refractivity contribution >= 4 is 43.1 Å². The van der Waals surface area contributed by atoms with Crippen LogP contribution in [0.15, 0.2) is 42.5 Å². The molecule has 2 aromatic carbocycles. The van der Waals surface area contributed by atoms with E-state index in [0.717, 1.165) is 10.8 Å². The van der Waals surface area contributed by atoms with E-state index in [1.54, 1.807) is 6.07 Å². The van der Waals surface area contributed by atoms with Gasteiger partial charge in [-0.15, -0.1) is 0 Å². The van der Waals surface area contributed by atoms with Crippen LogP contribution in [0.3, 0.4) is 0 Å². The third-order valence-electron chi connectivity index (χ3n) is 2.04. The number of fused-ring (bicyclic) bond motifs is 1. The molecule has 0 unspecified atom stereocenters. The molecular weight excluding hydrogens is 270 g/mol. The van der Waals surface area contributed by atoms with Gasteiger partial charge in [-0.1, -0.05) is 36.4 Å². The van der Waals surface area contributed by atoms with Gasteiger partial charge in [0.15, 0.2) is 0 Å². The van der Waals surface area contributed by atoms with E-state index in [4.69, 9.17) is 28.3 Å². The van der Waals surface area contributed by atoms with Crippen molar-refractivity contribution < 1.29 is 12.7 Å². The molecule has 2 aromatic rings. The molecule has 0 atom stereocenters. The fourth-order valence-corrected chi connectivity index (χ4v) is 2.22. The van der Waals surface area contributed by atoms with Gasteiger partial charge in [0.05, 0.1) is 23.7 Å². The average molecular weight is 277 g/mol. The number of hydrogen-bond donors (Lipinski definition) is 0. The summed E-state index contributed by atoms with van der Waals surface area (Å²) in [5.74, 6) is 0.616. The van der Waals surface area contributed by atoms with Crippen LogP contribution in [-0.4, -0.2) is 0 Å². The molecule has 0 fully saturated rings. The van der Waals surface area contributed by atoms with Gasteiger partial charge in [0.25, 0.3) is 0 Å². The van der Waals surface area contributed by atoms with Crippen molar-refractivity contribution in [2.75, 3.05) is 0 Å². The molecule has 0 aliphatic rings. The first-order valence-corrected chi connectivity index (χ1v) is 6.09. The molecule has 0 N–H and O–H groups in total. The zero-order chi connectivity index (χ0) is 11.4. The first kappa shape index (κ1) is 11.9. The minimum atomic E-state index is -1.77. The van der Waals surface area contributed by atoms with Gasteiger partial charge >= 0.3 is 8.60 Å². The SMILES string of the molecule is ClOP(OCl)Oc1cccc2ccccc12. The molecule has 0 saturated carbocycles. The molecule has 3 nitrogen and oxygen atoms in total. The van der Waals surface area contributed by atoms with Gasteiger partial charge in [0, 0.05) is 5.39 Å². The van der Waals surface area contributed by atoms with Gasteiger partial charge in [-0.05, 0) is 11.5 Å². The van der Waals surface area contributed by atoms with Crippen molar-refractivity contribution in [1.82, 2.24) is 0 Å². The Morgan fingerprint density at radius 1 is 0.875 bits per heavy atom. The van der Waals surface area contributed by atoms with Gasteiger partial charge in [0.2, 0.25) is 0 Å². The van der Waals surface area contributed by atoms with Gasteiger partial charge < -0.3 is 4.52 Å². The number of hydrogen-bond acceptors (Lipinski definition) is 3. The molecule has 0 aliphatic carbocycles. The first-order valence-electron chi connectivity index (χ1n) is 4.38. The highest BCUT2D eigenvalue weighted by Crippen LogP contribution is 2.44. The Morgan fingerprint density at radius 2 is 1.56 bits per heavy atom. The third kappa shape index (κ3) is 2.57. The molecule has 0 aromatic heterocycles. The second-order valence-electron chi connectivity index (χ2n) is 2.93. The van der Waals surface area contributed by atoms with Crippen LogP contribution in [0.4, 0.5) is 0 Å². The van der Waals surface area contributed by atoms with Crippen molar-refractivity contribution in [2.45, 2.75) is 0 Å². The molecule has 0 bridgehead atoms. The van der Waals surface area contributed by atoms with E-state index < -0.39 is 8.60 Å². The monoisotopic (exact) mass is 276 g/mol. The van der Waals surface area contributed by atoms with E-state index in [1.807, 2.05) is 36.4 Å². The summed E-state index contributed by atoms with van der Waals surface area (Å²) in [5.41, 5.74) is 0. The highest BCUT2D eigenvalue weighted by molar-refractivity contribution is 7.44. The van der Waals surface area contributed by atoms with E-state index in [2.05, 4.69) is 8.15 Å². The van der Waals surface area contributed by atoms with Crippen molar-refractivity contribution in [3.63, 3.8) is 0 Å². The number of benzene rings is 2. The third-order valence-corrected chi connectivity index (χ3v) is 3.28. The summed E-state index contributed by atoms with van der Waals surface area (Å²) in [7, 11) is -1.77. The number of halogens is 2. The van der Waals surface area contributed by atoms with Crippen LogP contribution in [-0.2, 0) is 8.15 Å². The van der Waals surface area contributed by atoms with Crippen LogP contribution >= 0.6 is 32.3 Å². The van der Waals surface area contributed by atoms with Crippen LogP contribution in [0.2, 0.25) is 0 Å². The average Bonchev–Trinajstić information content (AvgIpc) is 2.36. The Morgan fingerprint density at radius 3 is 2.31 bits per heavy atom. The second kappa shape index (κ2) is 5.67. The standard InChI is InChI=1S/C10H7Cl2O3P/c11-14-16(15-12)13-10-7-3-5-8-4-1-2-6-9(8)10/h1-7H. The molecule has 16 heavy (non-hydrogen) atoms. The summed E-state index contributed by atoms with van der Waals surface area (Å²) in [6.45, 7) is 0. The molecule has 2 rings (SSSR count). The van der Waals surface area contributed by atoms with Gasteiger partial charge in [-0.25, -0.2) is 0 Å². The highest BCUT2D eigenvalue weighted by Gasteiger charge is 2.15. The molecule has 6 heteroatoms. The Hall–Kier alpha value is -0.570. The lowest BCUT2D eigenvalue weighted by Gasteiger charge is -2.11. The molecule has 0 radical (unpaired) electrons. The van der Waals surface area contributed by atoms with Crippen molar-refractivity contribution in [3.8, 4) is 5.75 Å².